The molecule has 5 heteroatoms. The number of aliphatic hydroxyl groups is 1. The Bertz CT molecular complexity index is 372. The highest BCUT2D eigenvalue weighted by molar-refractivity contribution is 7.99. The van der Waals surface area contributed by atoms with Crippen LogP contribution in [-0.4, -0.2) is 29.0 Å². The molecular weight excluding hydrogens is 224 g/mol. The van der Waals surface area contributed by atoms with Gasteiger partial charge in [0.1, 0.15) is 17.6 Å². The summed E-state index contributed by atoms with van der Waals surface area (Å²) in [6.07, 6.45) is 1.03. The van der Waals surface area contributed by atoms with Crippen LogP contribution in [0.15, 0.2) is 30.3 Å². The molecule has 4 nitrogen and oxygen atoms in total. The summed E-state index contributed by atoms with van der Waals surface area (Å²) in [6, 6.07) is 9.28. The van der Waals surface area contributed by atoms with Crippen molar-refractivity contribution < 1.29 is 9.90 Å². The van der Waals surface area contributed by atoms with Crippen molar-refractivity contribution >= 4 is 17.7 Å². The van der Waals surface area contributed by atoms with E-state index in [0.29, 0.717) is 0 Å². The van der Waals surface area contributed by atoms with E-state index >= 15 is 0 Å². The molecule has 2 rings (SSSR count). The lowest BCUT2D eigenvalue weighted by molar-refractivity contribution is -0.129. The number of carbonyl (C=O) groups excluding carboxylic acids is 1. The summed E-state index contributed by atoms with van der Waals surface area (Å²) >= 11 is 1.45. The molecule has 86 valence electrons. The van der Waals surface area contributed by atoms with Crippen molar-refractivity contribution in [3.05, 3.63) is 35.9 Å². The first-order valence-electron chi connectivity index (χ1n) is 5.04. The Morgan fingerprint density at radius 2 is 2.00 bits per heavy atom. The molecule has 0 spiro atoms. The van der Waals surface area contributed by atoms with Crippen LogP contribution in [-0.2, 0) is 4.79 Å². The van der Waals surface area contributed by atoms with E-state index in [1.165, 1.54) is 11.8 Å². The first-order chi connectivity index (χ1) is 7.72. The Balaban J connectivity index is 2.20. The Labute approximate surface area is 98.4 Å². The van der Waals surface area contributed by atoms with Crippen molar-refractivity contribution in [3.8, 4) is 0 Å². The molecule has 1 saturated heterocycles. The molecular formula is C11H14N2O2S. The van der Waals surface area contributed by atoms with Gasteiger partial charge in [0.2, 0.25) is 5.91 Å². The highest BCUT2D eigenvalue weighted by atomic mass is 32.2. The van der Waals surface area contributed by atoms with E-state index in [0.717, 1.165) is 5.56 Å². The molecule has 1 aromatic carbocycles. The second kappa shape index (κ2) is 4.86. The van der Waals surface area contributed by atoms with E-state index in [9.17, 15) is 9.90 Å². The number of hydrogen-bond acceptors (Lipinski definition) is 4. The monoisotopic (exact) mass is 238 g/mol. The molecule has 1 heterocycles. The molecule has 1 aliphatic rings. The molecule has 1 aromatic rings. The standard InChI is InChI=1S/C11H14N2O2S/c1-16-11-12-9(14)8(10(15)13-11)7-5-3-2-4-6-7/h2-6,8-9,11-12,14H,1H3,(H,13,15). The second-order valence-electron chi connectivity index (χ2n) is 3.62. The first-order valence-corrected chi connectivity index (χ1v) is 6.33. The summed E-state index contributed by atoms with van der Waals surface area (Å²) in [4.78, 5) is 11.9. The summed E-state index contributed by atoms with van der Waals surface area (Å²) in [6.45, 7) is 0. The van der Waals surface area contributed by atoms with Crippen molar-refractivity contribution in [1.29, 1.82) is 0 Å². The fraction of sp³-hybridized carbons (Fsp3) is 0.364. The lowest BCUT2D eigenvalue weighted by Gasteiger charge is -2.33. The summed E-state index contributed by atoms with van der Waals surface area (Å²) in [5.74, 6) is -0.679. The van der Waals surface area contributed by atoms with Gasteiger partial charge >= 0.3 is 0 Å². The minimum Gasteiger partial charge on any atom is -0.377 e. The number of carbonyl (C=O) groups is 1. The summed E-state index contributed by atoms with van der Waals surface area (Å²) < 4.78 is 0. The van der Waals surface area contributed by atoms with E-state index < -0.39 is 12.1 Å². The van der Waals surface area contributed by atoms with Crippen LogP contribution in [0.4, 0.5) is 0 Å². The van der Waals surface area contributed by atoms with E-state index in [1.807, 2.05) is 36.6 Å². The molecule has 1 aliphatic heterocycles. The predicted octanol–water partition coefficient (Wildman–Crippen LogP) is 0.455. The van der Waals surface area contributed by atoms with Crippen LogP contribution in [0.1, 0.15) is 11.5 Å². The van der Waals surface area contributed by atoms with E-state index in [1.54, 1.807) is 0 Å². The topological polar surface area (TPSA) is 61.4 Å². The number of hydrogen-bond donors (Lipinski definition) is 3. The molecule has 1 fully saturated rings. The zero-order chi connectivity index (χ0) is 11.5. The number of nitrogens with one attached hydrogen (secondary N) is 2. The third kappa shape index (κ3) is 2.21. The molecule has 3 N–H and O–H groups in total. The quantitative estimate of drug-likeness (QED) is 0.700. The Morgan fingerprint density at radius 3 is 2.56 bits per heavy atom. The maximum atomic E-state index is 11.9. The SMILES string of the molecule is CSC1NC(=O)C(c2ccccc2)C(O)N1. The van der Waals surface area contributed by atoms with Crippen LogP contribution in [0, 0.1) is 0 Å². The normalized spacial score (nSPS) is 29.9. The predicted molar refractivity (Wildman–Crippen MR) is 63.8 cm³/mol. The zero-order valence-electron chi connectivity index (χ0n) is 8.88. The number of amides is 1. The lowest BCUT2D eigenvalue weighted by Crippen LogP contribution is -2.58. The average molecular weight is 238 g/mol. The number of benzene rings is 1. The molecule has 0 radical (unpaired) electrons. The number of rotatable bonds is 2. The van der Waals surface area contributed by atoms with Crippen molar-refractivity contribution in [2.75, 3.05) is 6.26 Å². The fourth-order valence-corrected chi connectivity index (χ4v) is 2.29. The summed E-state index contributed by atoms with van der Waals surface area (Å²) in [5, 5.41) is 15.6. The van der Waals surface area contributed by atoms with E-state index in [-0.39, 0.29) is 11.4 Å². The lowest BCUT2D eigenvalue weighted by atomic mass is 9.95. The highest BCUT2D eigenvalue weighted by Gasteiger charge is 2.35. The molecule has 0 aromatic heterocycles. The van der Waals surface area contributed by atoms with Gasteiger partial charge in [-0.1, -0.05) is 30.3 Å². The van der Waals surface area contributed by atoms with Crippen molar-refractivity contribution in [1.82, 2.24) is 10.6 Å². The van der Waals surface area contributed by atoms with Crippen LogP contribution in [0.5, 0.6) is 0 Å². The summed E-state index contributed by atoms with van der Waals surface area (Å²) in [7, 11) is 0. The maximum absolute atomic E-state index is 11.9. The molecule has 3 atom stereocenters. The molecule has 3 unspecified atom stereocenters. The smallest absolute Gasteiger partial charge is 0.233 e. The Kier molecular flexibility index (Phi) is 3.48. The van der Waals surface area contributed by atoms with Gasteiger partial charge in [0.15, 0.2) is 0 Å². The van der Waals surface area contributed by atoms with Gasteiger partial charge < -0.3 is 10.4 Å². The molecule has 0 saturated carbocycles. The molecule has 1 amide bonds. The van der Waals surface area contributed by atoms with E-state index in [2.05, 4.69) is 10.6 Å². The van der Waals surface area contributed by atoms with Gasteiger partial charge in [0.05, 0.1) is 0 Å². The molecule has 0 aliphatic carbocycles. The third-order valence-electron chi connectivity index (χ3n) is 2.59. The zero-order valence-corrected chi connectivity index (χ0v) is 9.70. The average Bonchev–Trinajstić information content (AvgIpc) is 2.29. The first kappa shape index (κ1) is 11.4. The third-order valence-corrected chi connectivity index (χ3v) is 3.31. The maximum Gasteiger partial charge on any atom is 0.233 e. The van der Waals surface area contributed by atoms with Crippen LogP contribution in [0.25, 0.3) is 0 Å². The van der Waals surface area contributed by atoms with Crippen LogP contribution in [0.3, 0.4) is 0 Å². The van der Waals surface area contributed by atoms with Crippen molar-refractivity contribution in [2.45, 2.75) is 17.6 Å². The van der Waals surface area contributed by atoms with Crippen LogP contribution < -0.4 is 10.6 Å². The van der Waals surface area contributed by atoms with Crippen LogP contribution in [0.2, 0.25) is 0 Å². The van der Waals surface area contributed by atoms with Gasteiger partial charge in [-0.2, -0.15) is 0 Å². The van der Waals surface area contributed by atoms with Gasteiger partial charge in [-0.05, 0) is 11.8 Å². The van der Waals surface area contributed by atoms with Crippen molar-refractivity contribution in [3.63, 3.8) is 0 Å². The molecule has 0 bridgehead atoms. The number of thioether (sulfide) groups is 1. The minimum atomic E-state index is -0.839. The fourth-order valence-electron chi connectivity index (χ4n) is 1.78. The Morgan fingerprint density at radius 1 is 1.31 bits per heavy atom. The van der Waals surface area contributed by atoms with Gasteiger partial charge in [-0.3, -0.25) is 10.1 Å². The Hall–Kier alpha value is -1.04. The largest absolute Gasteiger partial charge is 0.377 e. The number of aliphatic hydroxyl groups excluding tert-OH is 1. The van der Waals surface area contributed by atoms with Gasteiger partial charge in [-0.25, -0.2) is 0 Å². The highest BCUT2D eigenvalue weighted by Crippen LogP contribution is 2.23. The molecule has 16 heavy (non-hydrogen) atoms. The van der Waals surface area contributed by atoms with Gasteiger partial charge in [-0.15, -0.1) is 11.8 Å². The van der Waals surface area contributed by atoms with Gasteiger partial charge in [0.25, 0.3) is 0 Å². The van der Waals surface area contributed by atoms with E-state index in [4.69, 9.17) is 0 Å². The van der Waals surface area contributed by atoms with Crippen LogP contribution >= 0.6 is 11.8 Å². The van der Waals surface area contributed by atoms with Gasteiger partial charge in [0, 0.05) is 0 Å². The summed E-state index contributed by atoms with van der Waals surface area (Å²) in [5.41, 5.74) is 0.599. The second-order valence-corrected chi connectivity index (χ2v) is 4.57. The van der Waals surface area contributed by atoms with Crippen molar-refractivity contribution in [2.24, 2.45) is 0 Å². The minimum absolute atomic E-state index is 0.142.